The largest absolute Gasteiger partial charge is 0.378 e. The molecule has 0 saturated heterocycles. The van der Waals surface area contributed by atoms with Crippen molar-refractivity contribution < 1.29 is 4.74 Å². The third-order valence-corrected chi connectivity index (χ3v) is 4.36. The Bertz CT molecular complexity index is 310. The minimum absolute atomic E-state index is 0.320. The highest BCUT2D eigenvalue weighted by Gasteiger charge is 2.27. The minimum atomic E-state index is -0.470. The van der Waals surface area contributed by atoms with Crippen LogP contribution in [0.1, 0.15) is 60.3 Å². The SMILES string of the molecule is CC(C)NC(C)(C#N)CCOC1CCC(C)C(C)C1. The fourth-order valence-corrected chi connectivity index (χ4v) is 2.88. The average molecular weight is 266 g/mol. The summed E-state index contributed by atoms with van der Waals surface area (Å²) in [6, 6.07) is 2.69. The molecule has 1 aliphatic carbocycles. The van der Waals surface area contributed by atoms with Gasteiger partial charge in [-0.15, -0.1) is 0 Å². The molecule has 1 aliphatic rings. The van der Waals surface area contributed by atoms with E-state index in [0.29, 0.717) is 18.8 Å². The zero-order chi connectivity index (χ0) is 14.5. The molecular weight excluding hydrogens is 236 g/mol. The predicted molar refractivity (Wildman–Crippen MR) is 78.8 cm³/mol. The third kappa shape index (κ3) is 5.50. The molecule has 0 aromatic carbocycles. The van der Waals surface area contributed by atoms with Crippen molar-refractivity contribution in [3.63, 3.8) is 0 Å². The first-order valence-corrected chi connectivity index (χ1v) is 7.67. The summed E-state index contributed by atoms with van der Waals surface area (Å²) in [7, 11) is 0. The number of rotatable bonds is 6. The van der Waals surface area contributed by atoms with Crippen LogP contribution in [0.4, 0.5) is 0 Å². The van der Waals surface area contributed by atoms with Gasteiger partial charge in [0.05, 0.1) is 12.2 Å². The van der Waals surface area contributed by atoms with Gasteiger partial charge in [0.2, 0.25) is 0 Å². The molecule has 110 valence electrons. The number of nitrogens with one attached hydrogen (secondary N) is 1. The van der Waals surface area contributed by atoms with Crippen molar-refractivity contribution in [2.75, 3.05) is 6.61 Å². The maximum atomic E-state index is 9.28. The van der Waals surface area contributed by atoms with Crippen LogP contribution in [0.25, 0.3) is 0 Å². The molecule has 3 heteroatoms. The van der Waals surface area contributed by atoms with Crippen molar-refractivity contribution in [1.29, 1.82) is 5.26 Å². The lowest BCUT2D eigenvalue weighted by Gasteiger charge is -2.33. The molecule has 0 radical (unpaired) electrons. The maximum Gasteiger partial charge on any atom is 0.106 e. The molecule has 1 rings (SSSR count). The first-order chi connectivity index (χ1) is 8.86. The first-order valence-electron chi connectivity index (χ1n) is 7.67. The first kappa shape index (κ1) is 16.5. The summed E-state index contributed by atoms with van der Waals surface area (Å²) in [5.74, 6) is 1.58. The van der Waals surface area contributed by atoms with Crippen LogP contribution in [0.15, 0.2) is 0 Å². The van der Waals surface area contributed by atoms with Gasteiger partial charge in [0.15, 0.2) is 0 Å². The van der Waals surface area contributed by atoms with Crippen LogP contribution in [0.3, 0.4) is 0 Å². The molecule has 0 heterocycles. The van der Waals surface area contributed by atoms with E-state index in [0.717, 1.165) is 18.3 Å². The second kappa shape index (κ2) is 7.26. The van der Waals surface area contributed by atoms with E-state index >= 15 is 0 Å². The molecule has 0 aliphatic heterocycles. The molecule has 0 aromatic heterocycles. The van der Waals surface area contributed by atoms with Crippen molar-refractivity contribution >= 4 is 0 Å². The Balaban J connectivity index is 2.31. The molecule has 0 bridgehead atoms. The Morgan fingerprint density at radius 3 is 2.53 bits per heavy atom. The fraction of sp³-hybridized carbons (Fsp3) is 0.938. The zero-order valence-corrected chi connectivity index (χ0v) is 13.2. The van der Waals surface area contributed by atoms with Gasteiger partial charge in [0.25, 0.3) is 0 Å². The molecule has 19 heavy (non-hydrogen) atoms. The Morgan fingerprint density at radius 2 is 2.00 bits per heavy atom. The minimum Gasteiger partial charge on any atom is -0.378 e. The Kier molecular flexibility index (Phi) is 6.29. The Labute approximate surface area is 118 Å². The molecule has 1 saturated carbocycles. The van der Waals surface area contributed by atoms with Gasteiger partial charge in [-0.2, -0.15) is 5.26 Å². The summed E-state index contributed by atoms with van der Waals surface area (Å²) in [6.07, 6.45) is 4.76. The van der Waals surface area contributed by atoms with Crippen LogP contribution in [-0.4, -0.2) is 24.3 Å². The second-order valence-electron chi connectivity index (χ2n) is 6.75. The summed E-state index contributed by atoms with van der Waals surface area (Å²) in [5, 5.41) is 12.6. The lowest BCUT2D eigenvalue weighted by molar-refractivity contribution is -0.00344. The predicted octanol–water partition coefficient (Wildman–Crippen LogP) is 3.50. The lowest BCUT2D eigenvalue weighted by Crippen LogP contribution is -2.46. The van der Waals surface area contributed by atoms with Crippen molar-refractivity contribution in [1.82, 2.24) is 5.32 Å². The number of nitrogens with zero attached hydrogens (tertiary/aromatic N) is 1. The van der Waals surface area contributed by atoms with Crippen molar-refractivity contribution in [2.24, 2.45) is 11.8 Å². The van der Waals surface area contributed by atoms with E-state index in [-0.39, 0.29) is 0 Å². The van der Waals surface area contributed by atoms with Gasteiger partial charge in [-0.25, -0.2) is 0 Å². The van der Waals surface area contributed by atoms with E-state index in [4.69, 9.17) is 4.74 Å². The summed E-state index contributed by atoms with van der Waals surface area (Å²) in [5.41, 5.74) is -0.470. The smallest absolute Gasteiger partial charge is 0.106 e. The van der Waals surface area contributed by atoms with Gasteiger partial charge in [0, 0.05) is 19.1 Å². The van der Waals surface area contributed by atoms with Crippen molar-refractivity contribution in [3.8, 4) is 6.07 Å². The third-order valence-electron chi connectivity index (χ3n) is 4.36. The van der Waals surface area contributed by atoms with E-state index < -0.39 is 5.54 Å². The Hall–Kier alpha value is -0.590. The van der Waals surface area contributed by atoms with Crippen LogP contribution in [0.2, 0.25) is 0 Å². The fourth-order valence-electron chi connectivity index (χ4n) is 2.88. The van der Waals surface area contributed by atoms with Crippen LogP contribution in [0.5, 0.6) is 0 Å². The van der Waals surface area contributed by atoms with Crippen LogP contribution >= 0.6 is 0 Å². The van der Waals surface area contributed by atoms with Crippen molar-refractivity contribution in [2.45, 2.75) is 78.0 Å². The van der Waals surface area contributed by atoms with Gasteiger partial charge in [0.1, 0.15) is 5.54 Å². The number of hydrogen-bond donors (Lipinski definition) is 1. The molecule has 0 amide bonds. The molecule has 4 atom stereocenters. The molecule has 4 unspecified atom stereocenters. The van der Waals surface area contributed by atoms with E-state index in [1.807, 2.05) is 6.92 Å². The summed E-state index contributed by atoms with van der Waals surface area (Å²) in [6.45, 7) is 11.4. The molecule has 0 spiro atoms. The second-order valence-corrected chi connectivity index (χ2v) is 6.75. The zero-order valence-electron chi connectivity index (χ0n) is 13.2. The van der Waals surface area contributed by atoms with Gasteiger partial charge in [-0.1, -0.05) is 13.8 Å². The van der Waals surface area contributed by atoms with E-state index in [1.165, 1.54) is 19.3 Å². The van der Waals surface area contributed by atoms with Gasteiger partial charge in [-0.3, -0.25) is 5.32 Å². The monoisotopic (exact) mass is 266 g/mol. The van der Waals surface area contributed by atoms with Gasteiger partial charge >= 0.3 is 0 Å². The molecule has 1 fully saturated rings. The summed E-state index contributed by atoms with van der Waals surface area (Å²) >= 11 is 0. The van der Waals surface area contributed by atoms with Crippen molar-refractivity contribution in [3.05, 3.63) is 0 Å². The number of nitriles is 1. The lowest BCUT2D eigenvalue weighted by atomic mass is 9.80. The molecule has 3 nitrogen and oxygen atoms in total. The van der Waals surface area contributed by atoms with E-state index in [9.17, 15) is 5.26 Å². The normalized spacial score (nSPS) is 30.9. The van der Waals surface area contributed by atoms with Crippen LogP contribution in [0, 0.1) is 23.2 Å². The highest BCUT2D eigenvalue weighted by Crippen LogP contribution is 2.31. The summed E-state index contributed by atoms with van der Waals surface area (Å²) < 4.78 is 5.99. The van der Waals surface area contributed by atoms with E-state index in [1.54, 1.807) is 0 Å². The summed E-state index contributed by atoms with van der Waals surface area (Å²) in [4.78, 5) is 0. The Morgan fingerprint density at radius 1 is 1.32 bits per heavy atom. The number of hydrogen-bond acceptors (Lipinski definition) is 3. The number of ether oxygens (including phenoxy) is 1. The highest BCUT2D eigenvalue weighted by atomic mass is 16.5. The van der Waals surface area contributed by atoms with Gasteiger partial charge in [-0.05, 0) is 51.9 Å². The van der Waals surface area contributed by atoms with Crippen LogP contribution in [-0.2, 0) is 4.74 Å². The highest BCUT2D eigenvalue weighted by molar-refractivity contribution is 5.04. The quantitative estimate of drug-likeness (QED) is 0.800. The van der Waals surface area contributed by atoms with E-state index in [2.05, 4.69) is 39.1 Å². The van der Waals surface area contributed by atoms with Crippen LogP contribution < -0.4 is 5.32 Å². The van der Waals surface area contributed by atoms with Gasteiger partial charge < -0.3 is 4.74 Å². The standard InChI is InChI=1S/C16H30N2O/c1-12(2)18-16(5,11-17)8-9-19-15-7-6-13(3)14(4)10-15/h12-15,18H,6-10H2,1-5H3. The topological polar surface area (TPSA) is 45.0 Å². The molecular formula is C16H30N2O. The molecule has 0 aromatic rings. The average Bonchev–Trinajstić information content (AvgIpc) is 2.33. The molecule has 1 N–H and O–H groups in total. The maximum absolute atomic E-state index is 9.28.